The lowest BCUT2D eigenvalue weighted by atomic mass is 9.65. The minimum atomic E-state index is -0.716. The van der Waals surface area contributed by atoms with Crippen LogP contribution in [0.5, 0.6) is 0 Å². The van der Waals surface area contributed by atoms with Gasteiger partial charge in [0.25, 0.3) is 5.91 Å². The summed E-state index contributed by atoms with van der Waals surface area (Å²) in [4.78, 5) is 47.2. The van der Waals surface area contributed by atoms with Gasteiger partial charge < -0.3 is 19.8 Å². The normalized spacial score (nSPS) is 29.8. The van der Waals surface area contributed by atoms with E-state index in [9.17, 15) is 19.5 Å². The summed E-state index contributed by atoms with van der Waals surface area (Å²) >= 11 is 7.77. The van der Waals surface area contributed by atoms with Crippen LogP contribution in [0.25, 0.3) is 0 Å². The zero-order chi connectivity index (χ0) is 26.9. The Kier molecular flexibility index (Phi) is 8.41. The molecule has 1 N–H and O–H groups in total. The van der Waals surface area contributed by atoms with Gasteiger partial charge in [0, 0.05) is 49.2 Å². The quantitative estimate of drug-likeness (QED) is 0.339. The highest BCUT2D eigenvalue weighted by Gasteiger charge is 2.76. The Morgan fingerprint density at radius 3 is 2.49 bits per heavy atom. The molecule has 1 aromatic rings. The number of hydrogen-bond donors (Lipinski definition) is 1. The molecule has 7 nitrogen and oxygen atoms in total. The van der Waals surface area contributed by atoms with E-state index in [0.29, 0.717) is 36.6 Å². The molecule has 6 atom stereocenters. The molecule has 0 radical (unpaired) electrons. The first kappa shape index (κ1) is 27.7. The summed E-state index contributed by atoms with van der Waals surface area (Å²) in [7, 11) is 1.74. The number of likely N-dealkylation sites (N-methyl/N-ethyl adjacent to an activating group) is 1. The van der Waals surface area contributed by atoms with E-state index >= 15 is 0 Å². The minimum Gasteiger partial charge on any atom is -0.396 e. The van der Waals surface area contributed by atoms with Crippen molar-refractivity contribution in [1.29, 1.82) is 0 Å². The monoisotopic (exact) mass is 545 g/mol. The number of carbonyl (C=O) groups is 3. The highest BCUT2D eigenvalue weighted by Crippen LogP contribution is 2.68. The molecule has 0 aliphatic carbocycles. The fraction of sp³-hybridized carbons (Fsp3) is 0.536. The number of anilines is 1. The summed E-state index contributed by atoms with van der Waals surface area (Å²) in [5, 5.41) is 9.94. The fourth-order valence-electron chi connectivity index (χ4n) is 6.47. The minimum absolute atomic E-state index is 0.0120. The van der Waals surface area contributed by atoms with Crippen LogP contribution in [0, 0.1) is 17.8 Å². The number of aliphatic hydroxyl groups is 1. The molecule has 0 aromatic heterocycles. The van der Waals surface area contributed by atoms with Crippen LogP contribution in [0.3, 0.4) is 0 Å². The van der Waals surface area contributed by atoms with E-state index in [2.05, 4.69) is 20.1 Å². The number of carbonyl (C=O) groups excluding carboxylic acids is 3. The average molecular weight is 546 g/mol. The molecule has 200 valence electrons. The molecule has 3 unspecified atom stereocenters. The summed E-state index contributed by atoms with van der Waals surface area (Å²) in [6.07, 6.45) is 5.25. The Hall–Kier alpha value is -2.29. The number of thioether (sulfide) groups is 1. The largest absolute Gasteiger partial charge is 0.396 e. The van der Waals surface area contributed by atoms with Gasteiger partial charge in [-0.25, -0.2) is 0 Å². The third kappa shape index (κ3) is 4.61. The highest BCUT2D eigenvalue weighted by molar-refractivity contribution is 8.02. The van der Waals surface area contributed by atoms with Crippen molar-refractivity contribution in [2.45, 2.75) is 42.2 Å². The predicted octanol–water partition coefficient (Wildman–Crippen LogP) is 3.61. The first-order chi connectivity index (χ1) is 17.7. The maximum Gasteiger partial charge on any atom is 0.251 e. The van der Waals surface area contributed by atoms with Gasteiger partial charge in [0.05, 0.1) is 16.6 Å². The summed E-state index contributed by atoms with van der Waals surface area (Å²) in [6, 6.07) is 6.36. The second kappa shape index (κ2) is 11.2. The van der Waals surface area contributed by atoms with Gasteiger partial charge in [-0.05, 0) is 49.4 Å². The molecule has 3 aliphatic heterocycles. The van der Waals surface area contributed by atoms with Gasteiger partial charge in [-0.3, -0.25) is 14.4 Å². The summed E-state index contributed by atoms with van der Waals surface area (Å²) in [6.45, 7) is 10.8. The molecular weight excluding hydrogens is 510 g/mol. The van der Waals surface area contributed by atoms with Crippen molar-refractivity contribution < 1.29 is 19.5 Å². The number of fused-ring (bicyclic) bond motifs is 1. The third-order valence-corrected chi connectivity index (χ3v) is 10.4. The summed E-state index contributed by atoms with van der Waals surface area (Å²) in [5.74, 6) is -1.32. The molecule has 3 heterocycles. The van der Waals surface area contributed by atoms with Gasteiger partial charge in [0.15, 0.2) is 0 Å². The molecule has 1 aromatic carbocycles. The SMILES string of the molecule is C=CCN(C)C(=O)[C@@H]1[C@H]2C(=O)N(CCCCO)C(C(=O)N(CC=C)c3ccc(Cl)cc3)C23S[C@@H]1CC3C. The summed E-state index contributed by atoms with van der Waals surface area (Å²) in [5.41, 5.74) is 0.681. The van der Waals surface area contributed by atoms with Crippen molar-refractivity contribution in [3.63, 3.8) is 0 Å². The summed E-state index contributed by atoms with van der Waals surface area (Å²) < 4.78 is -0.695. The van der Waals surface area contributed by atoms with E-state index in [-0.39, 0.29) is 42.0 Å². The first-order valence-corrected chi connectivity index (χ1v) is 14.1. The van der Waals surface area contributed by atoms with Crippen molar-refractivity contribution in [2.24, 2.45) is 17.8 Å². The van der Waals surface area contributed by atoms with Crippen LogP contribution in [-0.4, -0.2) is 82.0 Å². The van der Waals surface area contributed by atoms with E-state index in [1.165, 1.54) is 0 Å². The van der Waals surface area contributed by atoms with Crippen LogP contribution < -0.4 is 4.90 Å². The van der Waals surface area contributed by atoms with E-state index in [1.807, 2.05) is 0 Å². The van der Waals surface area contributed by atoms with Crippen molar-refractivity contribution in [3.05, 3.63) is 54.6 Å². The number of unbranched alkanes of at least 4 members (excludes halogenated alkanes) is 1. The van der Waals surface area contributed by atoms with Gasteiger partial charge in [-0.1, -0.05) is 30.7 Å². The predicted molar refractivity (Wildman–Crippen MR) is 149 cm³/mol. The Labute approximate surface area is 228 Å². The van der Waals surface area contributed by atoms with E-state index in [4.69, 9.17) is 11.6 Å². The van der Waals surface area contributed by atoms with Gasteiger partial charge in [-0.15, -0.1) is 24.9 Å². The van der Waals surface area contributed by atoms with Crippen molar-refractivity contribution in [3.8, 4) is 0 Å². The van der Waals surface area contributed by atoms with Gasteiger partial charge in [0.2, 0.25) is 11.8 Å². The van der Waals surface area contributed by atoms with Crippen molar-refractivity contribution >= 4 is 46.8 Å². The topological polar surface area (TPSA) is 81.2 Å². The Balaban J connectivity index is 1.78. The van der Waals surface area contributed by atoms with E-state index < -0.39 is 22.6 Å². The molecule has 3 amide bonds. The third-order valence-electron chi connectivity index (χ3n) is 8.07. The molecule has 2 bridgehead atoms. The van der Waals surface area contributed by atoms with Crippen molar-refractivity contribution in [2.75, 3.05) is 38.2 Å². The lowest BCUT2D eigenvalue weighted by Gasteiger charge is -2.41. The number of likely N-dealkylation sites (tertiary alicyclic amines) is 1. The zero-order valence-corrected chi connectivity index (χ0v) is 23.1. The average Bonchev–Trinajstić information content (AvgIpc) is 3.46. The fourth-order valence-corrected chi connectivity index (χ4v) is 9.01. The second-order valence-corrected chi connectivity index (χ2v) is 12.2. The van der Waals surface area contributed by atoms with E-state index in [0.717, 1.165) is 6.42 Å². The Bertz CT molecular complexity index is 1070. The van der Waals surface area contributed by atoms with Crippen LogP contribution in [0.2, 0.25) is 5.02 Å². The van der Waals surface area contributed by atoms with Crippen LogP contribution in [-0.2, 0) is 14.4 Å². The number of benzene rings is 1. The molecule has 0 saturated carbocycles. The van der Waals surface area contributed by atoms with Crippen LogP contribution in [0.1, 0.15) is 26.2 Å². The Morgan fingerprint density at radius 1 is 1.19 bits per heavy atom. The number of halogens is 1. The van der Waals surface area contributed by atoms with Gasteiger partial charge in [-0.2, -0.15) is 0 Å². The van der Waals surface area contributed by atoms with Gasteiger partial charge in [0.1, 0.15) is 6.04 Å². The van der Waals surface area contributed by atoms with E-state index in [1.54, 1.807) is 69.9 Å². The van der Waals surface area contributed by atoms with Gasteiger partial charge >= 0.3 is 0 Å². The number of nitrogens with zero attached hydrogens (tertiary/aromatic N) is 3. The lowest BCUT2D eigenvalue weighted by molar-refractivity contribution is -0.143. The molecule has 3 saturated heterocycles. The number of aliphatic hydroxyl groups excluding tert-OH is 1. The number of rotatable bonds is 11. The van der Waals surface area contributed by atoms with Crippen molar-refractivity contribution in [1.82, 2.24) is 9.80 Å². The van der Waals surface area contributed by atoms with Crippen LogP contribution in [0.4, 0.5) is 5.69 Å². The van der Waals surface area contributed by atoms with Crippen LogP contribution in [0.15, 0.2) is 49.6 Å². The maximum atomic E-state index is 14.5. The molecular formula is C28H36ClN3O4S. The lowest BCUT2D eigenvalue weighted by Crippen LogP contribution is -2.57. The smallest absolute Gasteiger partial charge is 0.251 e. The molecule has 37 heavy (non-hydrogen) atoms. The first-order valence-electron chi connectivity index (χ1n) is 12.9. The molecule has 4 rings (SSSR count). The highest BCUT2D eigenvalue weighted by atomic mass is 35.5. The second-order valence-electron chi connectivity index (χ2n) is 10.2. The molecule has 1 spiro atoms. The number of hydrogen-bond acceptors (Lipinski definition) is 5. The maximum absolute atomic E-state index is 14.5. The van der Waals surface area contributed by atoms with Crippen LogP contribution >= 0.6 is 23.4 Å². The zero-order valence-electron chi connectivity index (χ0n) is 21.5. The number of amides is 3. The molecule has 3 fully saturated rings. The molecule has 3 aliphatic rings. The molecule has 9 heteroatoms. The Morgan fingerprint density at radius 2 is 1.86 bits per heavy atom. The standard InChI is InChI=1S/C28H36ClN3O4S/c1-5-13-30(4)25(34)22-21-17-18(3)28(37-21)23(22)26(35)32(15-7-8-16-33)24(28)27(36)31(14-6-2)20-11-9-19(29)10-12-20/h5-6,9-12,18,21-24,33H,1-2,7-8,13-17H2,3-4H3/t18?,21-,22+,23+,24?,28?/m1/s1.